The molecule has 0 amide bonds. The van der Waals surface area contributed by atoms with Crippen LogP contribution in [0, 0.1) is 17.3 Å². The molecule has 36 heavy (non-hydrogen) atoms. The Bertz CT molecular complexity index is 1180. The maximum atomic E-state index is 13.2. The molecule has 3 unspecified atom stereocenters. The van der Waals surface area contributed by atoms with E-state index in [1.807, 2.05) is 14.1 Å². The number of anilines is 1. The van der Waals surface area contributed by atoms with Crippen molar-refractivity contribution >= 4 is 23.2 Å². The summed E-state index contributed by atoms with van der Waals surface area (Å²) in [5.74, 6) is 0.374. The molecule has 0 saturated heterocycles. The van der Waals surface area contributed by atoms with Crippen molar-refractivity contribution in [2.45, 2.75) is 77.2 Å². The summed E-state index contributed by atoms with van der Waals surface area (Å²) < 4.78 is 6.02. The first-order valence-electron chi connectivity index (χ1n) is 13.2. The second kappa shape index (κ2) is 8.89. The number of carbonyl (C=O) groups is 2. The van der Waals surface area contributed by atoms with Crippen LogP contribution in [-0.2, 0) is 14.3 Å². The summed E-state index contributed by atoms with van der Waals surface area (Å²) >= 11 is 0. The number of oxime groups is 1. The standard InChI is InChI=1S/C30H38N2O4/c1-18(33)30(36-19(2)34)15-14-27-25-12-8-21-16-22(31-35)9-13-24(21)28(25)26(17-29(27,30)3)20-6-10-23(11-7-20)32(4)5/h6-7,10-11,16,25-27,35H,8-9,12-15,17H2,1-5H3/b31-22-/t25?,26?,27-,29?,30-/m0/s1. The van der Waals surface area contributed by atoms with E-state index in [1.165, 1.54) is 29.2 Å². The fraction of sp³-hybridized carbons (Fsp3) is 0.567. The number of fused-ring (bicyclic) bond motifs is 4. The van der Waals surface area contributed by atoms with Gasteiger partial charge in [0.2, 0.25) is 0 Å². The van der Waals surface area contributed by atoms with Crippen LogP contribution in [0.4, 0.5) is 5.69 Å². The third-order valence-corrected chi connectivity index (χ3v) is 9.70. The van der Waals surface area contributed by atoms with E-state index in [-0.39, 0.29) is 23.6 Å². The largest absolute Gasteiger partial charge is 0.451 e. The molecular formula is C30H38N2O4. The van der Waals surface area contributed by atoms with Crippen LogP contribution in [0.5, 0.6) is 0 Å². The molecule has 192 valence electrons. The third kappa shape index (κ3) is 3.63. The molecule has 6 nitrogen and oxygen atoms in total. The van der Waals surface area contributed by atoms with Crippen molar-refractivity contribution in [3.63, 3.8) is 0 Å². The molecule has 0 aliphatic heterocycles. The van der Waals surface area contributed by atoms with Crippen LogP contribution in [0.2, 0.25) is 0 Å². The summed E-state index contributed by atoms with van der Waals surface area (Å²) in [6, 6.07) is 8.79. The zero-order valence-electron chi connectivity index (χ0n) is 22.1. The van der Waals surface area contributed by atoms with Crippen LogP contribution in [0.3, 0.4) is 0 Å². The Morgan fingerprint density at radius 3 is 2.42 bits per heavy atom. The molecule has 0 bridgehead atoms. The average molecular weight is 491 g/mol. The monoisotopic (exact) mass is 490 g/mol. The van der Waals surface area contributed by atoms with E-state index in [0.29, 0.717) is 12.3 Å². The van der Waals surface area contributed by atoms with Crippen LogP contribution in [0.15, 0.2) is 52.2 Å². The van der Waals surface area contributed by atoms with Gasteiger partial charge in [0.25, 0.3) is 0 Å². The average Bonchev–Trinajstić information content (AvgIpc) is 3.15. The lowest BCUT2D eigenvalue weighted by Gasteiger charge is -2.55. The highest BCUT2D eigenvalue weighted by molar-refractivity contribution is 5.97. The Hall–Kier alpha value is -2.89. The van der Waals surface area contributed by atoms with Gasteiger partial charge in [-0.15, -0.1) is 0 Å². The van der Waals surface area contributed by atoms with Gasteiger partial charge in [0.05, 0.1) is 5.71 Å². The van der Waals surface area contributed by atoms with Gasteiger partial charge in [-0.3, -0.25) is 9.59 Å². The van der Waals surface area contributed by atoms with E-state index in [4.69, 9.17) is 4.74 Å². The van der Waals surface area contributed by atoms with E-state index in [1.54, 1.807) is 6.92 Å². The predicted octanol–water partition coefficient (Wildman–Crippen LogP) is 5.80. The molecule has 2 fully saturated rings. The van der Waals surface area contributed by atoms with Gasteiger partial charge in [-0.2, -0.15) is 0 Å². The van der Waals surface area contributed by atoms with Gasteiger partial charge in [0.15, 0.2) is 11.4 Å². The first-order chi connectivity index (χ1) is 17.1. The molecule has 1 aromatic carbocycles. The third-order valence-electron chi connectivity index (χ3n) is 9.70. The number of hydrogen-bond donors (Lipinski definition) is 1. The Labute approximate surface area is 214 Å². The minimum atomic E-state index is -1.07. The number of carbonyl (C=O) groups excluding carboxylic acids is 2. The van der Waals surface area contributed by atoms with Gasteiger partial charge in [0, 0.05) is 38.0 Å². The van der Waals surface area contributed by atoms with Crippen LogP contribution >= 0.6 is 0 Å². The number of benzene rings is 1. The van der Waals surface area contributed by atoms with Crippen molar-refractivity contribution in [2.75, 3.05) is 19.0 Å². The lowest BCUT2D eigenvalue weighted by Crippen LogP contribution is -2.57. The van der Waals surface area contributed by atoms with Crippen LogP contribution in [0.25, 0.3) is 0 Å². The van der Waals surface area contributed by atoms with Crippen molar-refractivity contribution in [3.8, 4) is 0 Å². The van der Waals surface area contributed by atoms with E-state index >= 15 is 0 Å². The molecule has 2 saturated carbocycles. The number of Topliss-reactive ketones (excluding diaryl/α,β-unsaturated/α-hetero) is 1. The van der Waals surface area contributed by atoms with E-state index in [9.17, 15) is 14.8 Å². The minimum absolute atomic E-state index is 0.0293. The summed E-state index contributed by atoms with van der Waals surface area (Å²) in [4.78, 5) is 27.6. The maximum absolute atomic E-state index is 13.2. The number of nitrogens with zero attached hydrogens (tertiary/aromatic N) is 2. The quantitative estimate of drug-likeness (QED) is 0.328. The second-order valence-corrected chi connectivity index (χ2v) is 11.6. The lowest BCUT2D eigenvalue weighted by molar-refractivity contribution is -0.182. The van der Waals surface area contributed by atoms with Gasteiger partial charge in [-0.1, -0.05) is 29.8 Å². The van der Waals surface area contributed by atoms with Crippen molar-refractivity contribution in [2.24, 2.45) is 22.4 Å². The number of ether oxygens (including phenoxy) is 1. The Morgan fingerprint density at radius 2 is 1.81 bits per heavy atom. The molecule has 4 aliphatic rings. The summed E-state index contributed by atoms with van der Waals surface area (Å²) in [5.41, 5.74) is 5.89. The van der Waals surface area contributed by atoms with E-state index in [0.717, 1.165) is 49.9 Å². The molecule has 0 aromatic heterocycles. The molecular weight excluding hydrogens is 452 g/mol. The Morgan fingerprint density at radius 1 is 1.08 bits per heavy atom. The Balaban J connectivity index is 1.68. The molecule has 5 rings (SSSR count). The molecule has 5 atom stereocenters. The van der Waals surface area contributed by atoms with Crippen molar-refractivity contribution < 1.29 is 19.5 Å². The molecule has 0 spiro atoms. The summed E-state index contributed by atoms with van der Waals surface area (Å²) in [6.45, 7) is 5.24. The number of allylic oxidation sites excluding steroid dienone is 4. The highest BCUT2D eigenvalue weighted by atomic mass is 16.6. The SMILES string of the molecule is CC(=O)O[C@]1(C(C)=O)CC[C@H]2C3CCC4=C/C(=N\O)CCC4=C3C(c3ccc(N(C)C)cc3)CC21C. The molecule has 0 heterocycles. The molecule has 1 N–H and O–H groups in total. The molecule has 1 aromatic rings. The Kier molecular flexibility index (Phi) is 6.12. The maximum Gasteiger partial charge on any atom is 0.303 e. The number of hydrogen-bond acceptors (Lipinski definition) is 6. The van der Waals surface area contributed by atoms with Crippen LogP contribution in [0.1, 0.15) is 77.2 Å². The van der Waals surface area contributed by atoms with Crippen molar-refractivity contribution in [1.82, 2.24) is 0 Å². The fourth-order valence-electron chi connectivity index (χ4n) is 8.11. The zero-order chi connectivity index (χ0) is 25.8. The molecule has 6 heteroatoms. The van der Waals surface area contributed by atoms with Crippen molar-refractivity contribution in [1.29, 1.82) is 0 Å². The minimum Gasteiger partial charge on any atom is -0.451 e. The number of esters is 1. The van der Waals surface area contributed by atoms with Crippen LogP contribution < -0.4 is 4.90 Å². The molecule has 4 aliphatic carbocycles. The number of ketones is 1. The van der Waals surface area contributed by atoms with Gasteiger partial charge >= 0.3 is 5.97 Å². The van der Waals surface area contributed by atoms with E-state index in [2.05, 4.69) is 47.3 Å². The van der Waals surface area contributed by atoms with Gasteiger partial charge in [-0.05, 0) is 98.6 Å². The first-order valence-corrected chi connectivity index (χ1v) is 13.2. The van der Waals surface area contributed by atoms with Crippen molar-refractivity contribution in [3.05, 3.63) is 52.6 Å². The highest BCUT2D eigenvalue weighted by Crippen LogP contribution is 2.67. The highest BCUT2D eigenvalue weighted by Gasteiger charge is 2.67. The normalized spacial score (nSPS) is 34.4. The van der Waals surface area contributed by atoms with Crippen LogP contribution in [-0.4, -0.2) is 42.4 Å². The van der Waals surface area contributed by atoms with E-state index < -0.39 is 11.0 Å². The van der Waals surface area contributed by atoms with Gasteiger partial charge in [0.1, 0.15) is 0 Å². The second-order valence-electron chi connectivity index (χ2n) is 11.6. The predicted molar refractivity (Wildman–Crippen MR) is 140 cm³/mol. The first kappa shape index (κ1) is 24.8. The summed E-state index contributed by atoms with van der Waals surface area (Å²) in [6.07, 6.45) is 7.91. The number of rotatable bonds is 4. The fourth-order valence-corrected chi connectivity index (χ4v) is 8.11. The van der Waals surface area contributed by atoms with Gasteiger partial charge < -0.3 is 14.8 Å². The lowest BCUT2D eigenvalue weighted by atomic mass is 9.50. The summed E-state index contributed by atoms with van der Waals surface area (Å²) in [5, 5.41) is 12.9. The summed E-state index contributed by atoms with van der Waals surface area (Å²) in [7, 11) is 4.09. The topological polar surface area (TPSA) is 79.2 Å². The smallest absolute Gasteiger partial charge is 0.303 e. The van der Waals surface area contributed by atoms with Gasteiger partial charge in [-0.25, -0.2) is 0 Å². The zero-order valence-corrected chi connectivity index (χ0v) is 22.1. The molecule has 0 radical (unpaired) electrons.